The third-order valence-electron chi connectivity index (χ3n) is 5.76. The van der Waals surface area contributed by atoms with Crippen LogP contribution in [0.4, 0.5) is 4.79 Å². The van der Waals surface area contributed by atoms with Gasteiger partial charge < -0.3 is 14.4 Å². The van der Waals surface area contributed by atoms with Crippen LogP contribution < -0.4 is 9.47 Å². The van der Waals surface area contributed by atoms with Gasteiger partial charge in [-0.1, -0.05) is 35.3 Å². The van der Waals surface area contributed by atoms with Crippen molar-refractivity contribution >= 4 is 58.1 Å². The minimum atomic E-state index is -0.475. The number of likely N-dealkylation sites (tertiary alicyclic amines) is 1. The first kappa shape index (κ1) is 25.4. The summed E-state index contributed by atoms with van der Waals surface area (Å²) in [6.45, 7) is 1.28. The van der Waals surface area contributed by atoms with Crippen LogP contribution in [0.5, 0.6) is 11.5 Å². The fourth-order valence-electron chi connectivity index (χ4n) is 3.86. The number of ether oxygens (including phenoxy) is 2. The van der Waals surface area contributed by atoms with E-state index in [1.54, 1.807) is 47.4 Å². The van der Waals surface area contributed by atoms with E-state index in [2.05, 4.69) is 0 Å². The van der Waals surface area contributed by atoms with Gasteiger partial charge in [-0.2, -0.15) is 0 Å². The van der Waals surface area contributed by atoms with Crippen LogP contribution in [0.15, 0.2) is 41.3 Å². The third kappa shape index (κ3) is 6.12. The molecule has 0 saturated carbocycles. The Morgan fingerprint density at radius 1 is 1.06 bits per heavy atom. The predicted molar refractivity (Wildman–Crippen MR) is 137 cm³/mol. The molecule has 184 valence electrons. The molecule has 2 saturated heterocycles. The Kier molecular flexibility index (Phi) is 8.26. The smallest absolute Gasteiger partial charge is 0.294 e. The van der Waals surface area contributed by atoms with E-state index in [9.17, 15) is 14.4 Å². The van der Waals surface area contributed by atoms with Crippen molar-refractivity contribution in [1.29, 1.82) is 0 Å². The van der Waals surface area contributed by atoms with Crippen LogP contribution in [0, 0.1) is 0 Å². The van der Waals surface area contributed by atoms with E-state index in [0.29, 0.717) is 40.2 Å². The van der Waals surface area contributed by atoms with Crippen molar-refractivity contribution in [2.24, 2.45) is 0 Å². The zero-order valence-electron chi connectivity index (χ0n) is 19.1. The molecule has 0 bridgehead atoms. The minimum Gasteiger partial charge on any atom is -0.493 e. The van der Waals surface area contributed by atoms with E-state index in [1.165, 1.54) is 7.11 Å². The van der Waals surface area contributed by atoms with Crippen LogP contribution in [0.3, 0.4) is 0 Å². The van der Waals surface area contributed by atoms with E-state index in [0.717, 1.165) is 41.5 Å². The number of carbonyl (C=O) groups excluding carboxylic acids is 3. The summed E-state index contributed by atoms with van der Waals surface area (Å²) in [4.78, 5) is 40.9. The van der Waals surface area contributed by atoms with Crippen LogP contribution in [0.2, 0.25) is 10.0 Å². The maximum Gasteiger partial charge on any atom is 0.294 e. The van der Waals surface area contributed by atoms with Crippen LogP contribution in [-0.2, 0) is 16.2 Å². The molecular formula is C25H24Cl2N2O5S. The fraction of sp³-hybridized carbons (Fsp3) is 0.320. The second kappa shape index (κ2) is 11.4. The molecule has 4 rings (SSSR count). The molecule has 2 fully saturated rings. The standard InChI is InChI=1S/C25H24Cl2N2O5S/c1-33-20-8-5-16(11-21(20)34-15-17-6-7-18(26)13-19(17)27)12-22-24(31)29(25(32)35-22)14-23(30)28-9-3-2-4-10-28/h5-8,11-13H,2-4,9-10,14-15H2,1H3/b22-12-. The molecule has 0 radical (unpaired) electrons. The number of halogens is 2. The van der Waals surface area contributed by atoms with Crippen LogP contribution in [-0.4, -0.2) is 53.6 Å². The Bertz CT molecular complexity index is 1180. The molecule has 0 unspecified atom stereocenters. The van der Waals surface area contributed by atoms with Crippen LogP contribution in [0.25, 0.3) is 6.08 Å². The molecule has 0 aliphatic carbocycles. The lowest BCUT2D eigenvalue weighted by Gasteiger charge is -2.27. The Morgan fingerprint density at radius 2 is 1.83 bits per heavy atom. The average Bonchev–Trinajstić information content (AvgIpc) is 3.11. The summed E-state index contributed by atoms with van der Waals surface area (Å²) in [7, 11) is 1.53. The van der Waals surface area contributed by atoms with Crippen molar-refractivity contribution in [1.82, 2.24) is 9.80 Å². The van der Waals surface area contributed by atoms with E-state index >= 15 is 0 Å². The number of methoxy groups -OCH3 is 1. The van der Waals surface area contributed by atoms with Gasteiger partial charge in [0.25, 0.3) is 11.1 Å². The maximum absolute atomic E-state index is 12.9. The SMILES string of the molecule is COc1ccc(/C=C2\SC(=O)N(CC(=O)N3CCCCC3)C2=O)cc1OCc1ccc(Cl)cc1Cl. The first-order chi connectivity index (χ1) is 16.9. The van der Waals surface area contributed by atoms with Gasteiger partial charge in [0.1, 0.15) is 13.2 Å². The Labute approximate surface area is 217 Å². The highest BCUT2D eigenvalue weighted by Gasteiger charge is 2.37. The number of amides is 3. The van der Waals surface area contributed by atoms with Gasteiger partial charge in [-0.05, 0) is 66.9 Å². The Hall–Kier alpha value is -2.68. The topological polar surface area (TPSA) is 76.2 Å². The van der Waals surface area contributed by atoms with Crippen LogP contribution in [0.1, 0.15) is 30.4 Å². The fourth-order valence-corrected chi connectivity index (χ4v) is 5.16. The third-order valence-corrected chi connectivity index (χ3v) is 7.25. The highest BCUT2D eigenvalue weighted by atomic mass is 35.5. The quantitative estimate of drug-likeness (QED) is 0.428. The summed E-state index contributed by atoms with van der Waals surface area (Å²) in [6, 6.07) is 10.3. The van der Waals surface area contributed by atoms with Gasteiger partial charge in [-0.15, -0.1) is 0 Å². The lowest BCUT2D eigenvalue weighted by atomic mass is 10.1. The lowest BCUT2D eigenvalue weighted by molar-refractivity contribution is -0.136. The number of imide groups is 1. The molecule has 7 nitrogen and oxygen atoms in total. The molecule has 2 aliphatic heterocycles. The number of rotatable bonds is 7. The lowest BCUT2D eigenvalue weighted by Crippen LogP contribution is -2.44. The predicted octanol–water partition coefficient (Wildman–Crippen LogP) is 5.63. The number of thioether (sulfide) groups is 1. The zero-order chi connectivity index (χ0) is 24.9. The molecule has 2 heterocycles. The summed E-state index contributed by atoms with van der Waals surface area (Å²) in [5, 5.41) is 0.569. The number of hydrogen-bond acceptors (Lipinski definition) is 6. The van der Waals surface area contributed by atoms with E-state index < -0.39 is 11.1 Å². The van der Waals surface area contributed by atoms with Gasteiger partial charge in [0, 0.05) is 28.7 Å². The van der Waals surface area contributed by atoms with Crippen molar-refractivity contribution in [3.05, 3.63) is 62.5 Å². The zero-order valence-corrected chi connectivity index (χ0v) is 21.4. The first-order valence-electron chi connectivity index (χ1n) is 11.1. The molecule has 0 N–H and O–H groups in total. The highest BCUT2D eigenvalue weighted by Crippen LogP contribution is 2.35. The van der Waals surface area contributed by atoms with E-state index in [-0.39, 0.29) is 24.0 Å². The van der Waals surface area contributed by atoms with Crippen LogP contribution >= 0.6 is 35.0 Å². The van der Waals surface area contributed by atoms with Crippen molar-refractivity contribution in [3.8, 4) is 11.5 Å². The van der Waals surface area contributed by atoms with Gasteiger partial charge in [-0.25, -0.2) is 0 Å². The first-order valence-corrected chi connectivity index (χ1v) is 12.7. The van der Waals surface area contributed by atoms with Crippen molar-refractivity contribution in [3.63, 3.8) is 0 Å². The molecule has 0 atom stereocenters. The highest BCUT2D eigenvalue weighted by molar-refractivity contribution is 8.18. The Balaban J connectivity index is 1.48. The molecule has 10 heteroatoms. The summed E-state index contributed by atoms with van der Waals surface area (Å²) in [5.41, 5.74) is 1.40. The summed E-state index contributed by atoms with van der Waals surface area (Å²) < 4.78 is 11.3. The molecule has 2 aromatic carbocycles. The summed E-state index contributed by atoms with van der Waals surface area (Å²) >= 11 is 13.0. The molecule has 2 aromatic rings. The summed E-state index contributed by atoms with van der Waals surface area (Å²) in [6.07, 6.45) is 4.59. The average molecular weight is 535 g/mol. The van der Waals surface area contributed by atoms with E-state index in [1.807, 2.05) is 0 Å². The number of benzene rings is 2. The van der Waals surface area contributed by atoms with Gasteiger partial charge in [0.05, 0.1) is 12.0 Å². The molecular weight excluding hydrogens is 511 g/mol. The van der Waals surface area contributed by atoms with Gasteiger partial charge >= 0.3 is 0 Å². The Morgan fingerprint density at radius 3 is 2.54 bits per heavy atom. The van der Waals surface area contributed by atoms with Gasteiger partial charge in [0.15, 0.2) is 11.5 Å². The molecule has 3 amide bonds. The minimum absolute atomic E-state index is 0.185. The van der Waals surface area contributed by atoms with Gasteiger partial charge in [-0.3, -0.25) is 19.3 Å². The van der Waals surface area contributed by atoms with Gasteiger partial charge in [0.2, 0.25) is 5.91 Å². The largest absolute Gasteiger partial charge is 0.493 e. The number of hydrogen-bond donors (Lipinski definition) is 0. The molecule has 0 spiro atoms. The second-order valence-corrected chi connectivity index (χ2v) is 9.98. The van der Waals surface area contributed by atoms with E-state index in [4.69, 9.17) is 32.7 Å². The molecule has 35 heavy (non-hydrogen) atoms. The molecule has 2 aliphatic rings. The monoisotopic (exact) mass is 534 g/mol. The van der Waals surface area contributed by atoms with Crippen molar-refractivity contribution in [2.75, 3.05) is 26.7 Å². The molecule has 0 aromatic heterocycles. The number of nitrogens with zero attached hydrogens (tertiary/aromatic N) is 2. The maximum atomic E-state index is 12.9. The normalized spacial score (nSPS) is 17.3. The number of carbonyl (C=O) groups is 3. The van der Waals surface area contributed by atoms with Crippen molar-refractivity contribution < 1.29 is 23.9 Å². The second-order valence-electron chi connectivity index (χ2n) is 8.14. The number of piperidine rings is 1. The van der Waals surface area contributed by atoms with Crippen molar-refractivity contribution in [2.45, 2.75) is 25.9 Å². The summed E-state index contributed by atoms with van der Waals surface area (Å²) in [5.74, 6) is 0.282.